The first-order chi connectivity index (χ1) is 17.0. The maximum Gasteiger partial charge on any atom is 0.261 e. The number of benzene rings is 4. The molecule has 0 aromatic heterocycles. The molecule has 5 nitrogen and oxygen atoms in total. The molecule has 6 heteroatoms. The summed E-state index contributed by atoms with van der Waals surface area (Å²) < 4.78 is 5.99. The van der Waals surface area contributed by atoms with E-state index in [2.05, 4.69) is 5.32 Å². The Morgan fingerprint density at radius 2 is 1.54 bits per heavy atom. The van der Waals surface area contributed by atoms with Crippen molar-refractivity contribution >= 4 is 34.2 Å². The molecule has 2 amide bonds. The van der Waals surface area contributed by atoms with Crippen LogP contribution in [-0.4, -0.2) is 36.4 Å². The average molecular weight is 487 g/mol. The van der Waals surface area contributed by atoms with Gasteiger partial charge in [-0.1, -0.05) is 90.5 Å². The minimum absolute atomic E-state index is 0.191. The molecule has 0 radical (unpaired) electrons. The van der Waals surface area contributed by atoms with Crippen molar-refractivity contribution in [2.24, 2.45) is 0 Å². The molecule has 0 unspecified atom stereocenters. The van der Waals surface area contributed by atoms with Crippen LogP contribution in [0.2, 0.25) is 5.02 Å². The van der Waals surface area contributed by atoms with Crippen molar-refractivity contribution in [3.63, 3.8) is 0 Å². The molecule has 0 aliphatic carbocycles. The van der Waals surface area contributed by atoms with E-state index in [4.69, 9.17) is 16.3 Å². The number of rotatable bonds is 9. The molecule has 1 atom stereocenters. The number of likely N-dealkylation sites (N-methyl/N-ethyl adjacent to an activating group) is 1. The van der Waals surface area contributed by atoms with Gasteiger partial charge in [-0.15, -0.1) is 0 Å². The lowest BCUT2D eigenvalue weighted by atomic mass is 10.0. The molecule has 0 fully saturated rings. The number of carbonyl (C=O) groups excluding carboxylic acids is 2. The highest BCUT2D eigenvalue weighted by Gasteiger charge is 2.30. The van der Waals surface area contributed by atoms with Gasteiger partial charge < -0.3 is 15.0 Å². The van der Waals surface area contributed by atoms with Crippen molar-refractivity contribution in [3.8, 4) is 5.75 Å². The number of carbonyl (C=O) groups is 2. The first-order valence-corrected chi connectivity index (χ1v) is 11.8. The molecule has 0 bridgehead atoms. The second kappa shape index (κ2) is 11.5. The predicted octanol–water partition coefficient (Wildman–Crippen LogP) is 5.26. The number of amides is 2. The van der Waals surface area contributed by atoms with Crippen LogP contribution in [0.15, 0.2) is 97.1 Å². The lowest BCUT2D eigenvalue weighted by Gasteiger charge is -2.31. The highest BCUT2D eigenvalue weighted by atomic mass is 35.5. The van der Waals surface area contributed by atoms with Crippen molar-refractivity contribution in [1.29, 1.82) is 0 Å². The summed E-state index contributed by atoms with van der Waals surface area (Å²) >= 11 is 6.05. The Bertz CT molecular complexity index is 1290. The van der Waals surface area contributed by atoms with Crippen LogP contribution in [0.4, 0.5) is 0 Å². The van der Waals surface area contributed by atoms with Crippen LogP contribution in [0.5, 0.6) is 5.75 Å². The van der Waals surface area contributed by atoms with Gasteiger partial charge in [-0.25, -0.2) is 0 Å². The van der Waals surface area contributed by atoms with E-state index >= 15 is 0 Å². The van der Waals surface area contributed by atoms with Crippen molar-refractivity contribution in [1.82, 2.24) is 10.2 Å². The zero-order chi connectivity index (χ0) is 24.6. The lowest BCUT2D eigenvalue weighted by molar-refractivity contribution is -0.142. The molecule has 178 valence electrons. The summed E-state index contributed by atoms with van der Waals surface area (Å²) in [6, 6.07) is 29.8. The fourth-order valence-corrected chi connectivity index (χ4v) is 4.18. The molecule has 0 aliphatic heterocycles. The van der Waals surface area contributed by atoms with Gasteiger partial charge in [-0.3, -0.25) is 9.59 Å². The standard InChI is InChI=1S/C29H27ClN2O3/c1-31-29(34)26(18-21-8-3-2-4-9-21)32(19-22-14-16-24(30)17-15-22)28(33)20-35-27-13-7-11-23-10-5-6-12-25(23)27/h2-17,26H,18-20H2,1H3,(H,31,34)/t26-/m1/s1. The normalized spacial score (nSPS) is 11.6. The van der Waals surface area contributed by atoms with E-state index in [9.17, 15) is 9.59 Å². The van der Waals surface area contributed by atoms with E-state index < -0.39 is 6.04 Å². The molecule has 0 saturated carbocycles. The maximum atomic E-state index is 13.6. The average Bonchev–Trinajstić information content (AvgIpc) is 2.90. The van der Waals surface area contributed by atoms with Gasteiger partial charge in [0.15, 0.2) is 6.61 Å². The molecule has 4 aromatic carbocycles. The molecular formula is C29H27ClN2O3. The molecular weight excluding hydrogens is 460 g/mol. The van der Waals surface area contributed by atoms with Gasteiger partial charge in [0.1, 0.15) is 11.8 Å². The van der Waals surface area contributed by atoms with E-state index in [1.165, 1.54) is 0 Å². The van der Waals surface area contributed by atoms with Crippen LogP contribution in [0.3, 0.4) is 0 Å². The first kappa shape index (κ1) is 24.3. The van der Waals surface area contributed by atoms with Crippen LogP contribution in [0, 0.1) is 0 Å². The summed E-state index contributed by atoms with van der Waals surface area (Å²) in [5.41, 5.74) is 1.83. The number of hydrogen-bond donors (Lipinski definition) is 1. The second-order valence-corrected chi connectivity index (χ2v) is 8.67. The number of nitrogens with zero attached hydrogens (tertiary/aromatic N) is 1. The molecule has 0 aliphatic rings. The molecule has 0 saturated heterocycles. The van der Waals surface area contributed by atoms with E-state index in [-0.39, 0.29) is 25.0 Å². The lowest BCUT2D eigenvalue weighted by Crippen LogP contribution is -2.51. The monoisotopic (exact) mass is 486 g/mol. The van der Waals surface area contributed by atoms with Gasteiger partial charge >= 0.3 is 0 Å². The highest BCUT2D eigenvalue weighted by molar-refractivity contribution is 6.30. The van der Waals surface area contributed by atoms with Gasteiger partial charge in [0.2, 0.25) is 5.91 Å². The predicted molar refractivity (Wildman–Crippen MR) is 139 cm³/mol. The zero-order valence-corrected chi connectivity index (χ0v) is 20.2. The third-order valence-electron chi connectivity index (χ3n) is 5.88. The third-order valence-corrected chi connectivity index (χ3v) is 6.14. The summed E-state index contributed by atoms with van der Waals surface area (Å²) in [4.78, 5) is 28.1. The minimum atomic E-state index is -0.707. The van der Waals surface area contributed by atoms with Gasteiger partial charge in [0, 0.05) is 30.4 Å². The Labute approximate surface area is 210 Å². The summed E-state index contributed by atoms with van der Waals surface area (Å²) in [6.07, 6.45) is 0.383. The number of fused-ring (bicyclic) bond motifs is 1. The molecule has 0 heterocycles. The van der Waals surface area contributed by atoms with E-state index in [0.717, 1.165) is 21.9 Å². The molecule has 4 rings (SSSR count). The van der Waals surface area contributed by atoms with Gasteiger partial charge in [0.05, 0.1) is 0 Å². The Balaban J connectivity index is 1.61. The fourth-order valence-electron chi connectivity index (χ4n) is 4.05. The van der Waals surface area contributed by atoms with Crippen molar-refractivity contribution < 1.29 is 14.3 Å². The van der Waals surface area contributed by atoms with E-state index in [1.54, 1.807) is 24.1 Å². The van der Waals surface area contributed by atoms with Crippen LogP contribution in [0.1, 0.15) is 11.1 Å². The summed E-state index contributed by atoms with van der Waals surface area (Å²) in [5, 5.41) is 5.29. The first-order valence-electron chi connectivity index (χ1n) is 11.4. The molecule has 0 spiro atoms. The quantitative estimate of drug-likeness (QED) is 0.351. The Hall–Kier alpha value is -3.83. The number of hydrogen-bond acceptors (Lipinski definition) is 3. The van der Waals surface area contributed by atoms with Crippen molar-refractivity contribution in [2.75, 3.05) is 13.7 Å². The summed E-state index contributed by atoms with van der Waals surface area (Å²) in [6.45, 7) is 0.0592. The van der Waals surface area contributed by atoms with Crippen molar-refractivity contribution in [2.45, 2.75) is 19.0 Å². The van der Waals surface area contributed by atoms with Gasteiger partial charge in [-0.2, -0.15) is 0 Å². The Morgan fingerprint density at radius 3 is 2.29 bits per heavy atom. The zero-order valence-electron chi connectivity index (χ0n) is 19.5. The number of ether oxygens (including phenoxy) is 1. The Morgan fingerprint density at radius 1 is 0.857 bits per heavy atom. The van der Waals surface area contributed by atoms with Crippen LogP contribution >= 0.6 is 11.6 Å². The fraction of sp³-hybridized carbons (Fsp3) is 0.172. The van der Waals surface area contributed by atoms with Crippen molar-refractivity contribution in [3.05, 3.63) is 113 Å². The molecule has 4 aromatic rings. The minimum Gasteiger partial charge on any atom is -0.483 e. The number of nitrogens with one attached hydrogen (secondary N) is 1. The maximum absolute atomic E-state index is 13.6. The smallest absolute Gasteiger partial charge is 0.261 e. The Kier molecular flexibility index (Phi) is 8.01. The molecule has 1 N–H and O–H groups in total. The summed E-state index contributed by atoms with van der Waals surface area (Å²) in [5.74, 6) is 0.112. The van der Waals surface area contributed by atoms with Crippen LogP contribution in [-0.2, 0) is 22.6 Å². The molecule has 35 heavy (non-hydrogen) atoms. The van der Waals surface area contributed by atoms with Crippen LogP contribution < -0.4 is 10.1 Å². The summed E-state index contributed by atoms with van der Waals surface area (Å²) in [7, 11) is 1.58. The highest BCUT2D eigenvalue weighted by Crippen LogP contribution is 2.25. The second-order valence-electron chi connectivity index (χ2n) is 8.23. The van der Waals surface area contributed by atoms with Gasteiger partial charge in [-0.05, 0) is 34.7 Å². The number of halogens is 1. The van der Waals surface area contributed by atoms with Crippen LogP contribution in [0.25, 0.3) is 10.8 Å². The third kappa shape index (κ3) is 6.19. The van der Waals surface area contributed by atoms with E-state index in [1.807, 2.05) is 84.9 Å². The SMILES string of the molecule is CNC(=O)[C@@H](Cc1ccccc1)N(Cc1ccc(Cl)cc1)C(=O)COc1cccc2ccccc12. The largest absolute Gasteiger partial charge is 0.483 e. The van der Waals surface area contributed by atoms with Gasteiger partial charge in [0.25, 0.3) is 5.91 Å². The topological polar surface area (TPSA) is 58.6 Å². The van der Waals surface area contributed by atoms with E-state index in [0.29, 0.717) is 17.2 Å².